The Balaban J connectivity index is 3.12. The number of anilines is 2. The lowest BCUT2D eigenvalue weighted by Gasteiger charge is -2.32. The summed E-state index contributed by atoms with van der Waals surface area (Å²) in [6, 6.07) is 0. The molecule has 0 saturated carbocycles. The lowest BCUT2D eigenvalue weighted by Crippen LogP contribution is -2.44. The van der Waals surface area contributed by atoms with Gasteiger partial charge in [-0.2, -0.15) is 0 Å². The largest absolute Gasteiger partial charge is 0.397 e. The van der Waals surface area contributed by atoms with Gasteiger partial charge in [0.15, 0.2) is 5.78 Å². The molecule has 7 heteroatoms. The zero-order chi connectivity index (χ0) is 16.4. The van der Waals surface area contributed by atoms with E-state index in [0.29, 0.717) is 22.8 Å². The molecule has 5 N–H and O–H groups in total. The molecule has 0 bridgehead atoms. The van der Waals surface area contributed by atoms with Gasteiger partial charge in [0.05, 0.1) is 16.1 Å². The average Bonchev–Trinajstić information content (AvgIpc) is 2.72. The van der Waals surface area contributed by atoms with Crippen molar-refractivity contribution in [1.82, 2.24) is 4.90 Å². The molecular formula is C14H24N4O2S. The highest BCUT2D eigenvalue weighted by molar-refractivity contribution is 7.19. The highest BCUT2D eigenvalue weighted by atomic mass is 32.1. The van der Waals surface area contributed by atoms with E-state index in [2.05, 4.69) is 24.1 Å². The number of amides is 1. The molecule has 0 saturated heterocycles. The molecule has 1 heterocycles. The number of nitrogens with one attached hydrogen (secondary N) is 1. The maximum atomic E-state index is 11.9. The minimum atomic E-state index is -0.621. The van der Waals surface area contributed by atoms with Crippen LogP contribution in [0.5, 0.6) is 0 Å². The van der Waals surface area contributed by atoms with Crippen molar-refractivity contribution in [2.75, 3.05) is 31.7 Å². The van der Waals surface area contributed by atoms with Gasteiger partial charge in [0.25, 0.3) is 5.91 Å². The lowest BCUT2D eigenvalue weighted by molar-refractivity contribution is 0.0991. The lowest BCUT2D eigenvalue weighted by atomic mass is 10.0. The maximum Gasteiger partial charge on any atom is 0.253 e. The van der Waals surface area contributed by atoms with Crippen molar-refractivity contribution in [1.29, 1.82) is 0 Å². The van der Waals surface area contributed by atoms with Gasteiger partial charge in [0, 0.05) is 18.5 Å². The minimum absolute atomic E-state index is 0.0834. The van der Waals surface area contributed by atoms with Crippen molar-refractivity contribution in [3.8, 4) is 0 Å². The summed E-state index contributed by atoms with van der Waals surface area (Å²) in [7, 11) is 3.96. The normalized spacial score (nSPS) is 11.7. The Kier molecular flexibility index (Phi) is 5.36. The maximum absolute atomic E-state index is 11.9. The van der Waals surface area contributed by atoms with Crippen molar-refractivity contribution in [3.05, 3.63) is 10.4 Å². The monoisotopic (exact) mass is 312 g/mol. The van der Waals surface area contributed by atoms with E-state index >= 15 is 0 Å². The summed E-state index contributed by atoms with van der Waals surface area (Å²) >= 11 is 1.19. The summed E-state index contributed by atoms with van der Waals surface area (Å²) in [6.07, 6.45) is 0.339. The number of rotatable bonds is 7. The van der Waals surface area contributed by atoms with Gasteiger partial charge in [0.1, 0.15) is 5.00 Å². The quantitative estimate of drug-likeness (QED) is 0.666. The van der Waals surface area contributed by atoms with E-state index in [4.69, 9.17) is 11.5 Å². The molecule has 1 amide bonds. The number of ketones is 1. The molecule has 1 aromatic rings. The van der Waals surface area contributed by atoms with E-state index in [1.54, 1.807) is 6.92 Å². The molecule has 0 atom stereocenters. The third-order valence-corrected chi connectivity index (χ3v) is 4.86. The predicted octanol–water partition coefficient (Wildman–Crippen LogP) is 1.77. The number of nitrogens with two attached hydrogens (primary N) is 2. The molecule has 1 rings (SSSR count). The summed E-state index contributed by atoms with van der Waals surface area (Å²) in [5.74, 6) is -0.705. The van der Waals surface area contributed by atoms with Crippen LogP contribution in [0.25, 0.3) is 0 Å². The molecular weight excluding hydrogens is 288 g/mol. The Morgan fingerprint density at radius 1 is 1.33 bits per heavy atom. The summed E-state index contributed by atoms with van der Waals surface area (Å²) in [6.45, 7) is 6.49. The Morgan fingerprint density at radius 3 is 2.33 bits per heavy atom. The third kappa shape index (κ3) is 3.74. The van der Waals surface area contributed by atoms with Crippen molar-refractivity contribution in [2.45, 2.75) is 32.7 Å². The fourth-order valence-corrected chi connectivity index (χ4v) is 2.77. The van der Waals surface area contributed by atoms with Gasteiger partial charge in [-0.25, -0.2) is 0 Å². The van der Waals surface area contributed by atoms with Crippen LogP contribution in [0.4, 0.5) is 10.7 Å². The number of likely N-dealkylation sites (N-methyl/N-ethyl adjacent to an activating group) is 1. The molecule has 0 unspecified atom stereocenters. The molecule has 0 radical (unpaired) electrons. The highest BCUT2D eigenvalue weighted by Crippen LogP contribution is 2.36. The first-order valence-corrected chi connectivity index (χ1v) is 7.60. The molecule has 0 aliphatic carbocycles. The average molecular weight is 312 g/mol. The van der Waals surface area contributed by atoms with Gasteiger partial charge in [-0.15, -0.1) is 11.3 Å². The number of carbonyl (C=O) groups excluding carboxylic acids is 2. The fraction of sp³-hybridized carbons (Fsp3) is 0.571. The van der Waals surface area contributed by atoms with Crippen LogP contribution in [-0.2, 0) is 0 Å². The Bertz CT molecular complexity index is 549. The first-order valence-electron chi connectivity index (χ1n) is 6.78. The standard InChI is InChI=1S/C14H24N4O2S/c1-6-8(19)11-10(15)9(12(16)20)13(21-11)17-7-14(2,3)18(4)5/h17H,6-7,15H2,1-5H3,(H2,16,20). The number of primary amides is 1. The number of carbonyl (C=O) groups is 2. The van der Waals surface area contributed by atoms with E-state index in [1.807, 2.05) is 14.1 Å². The Labute approximate surface area is 129 Å². The third-order valence-electron chi connectivity index (χ3n) is 3.66. The fourth-order valence-electron chi connectivity index (χ4n) is 1.64. The predicted molar refractivity (Wildman–Crippen MR) is 88.1 cm³/mol. The number of thiophene rings is 1. The van der Waals surface area contributed by atoms with Gasteiger partial charge in [0.2, 0.25) is 0 Å². The van der Waals surface area contributed by atoms with E-state index in [-0.39, 0.29) is 22.6 Å². The Hall–Kier alpha value is -1.60. The smallest absolute Gasteiger partial charge is 0.253 e. The molecule has 118 valence electrons. The molecule has 21 heavy (non-hydrogen) atoms. The first kappa shape index (κ1) is 17.5. The van der Waals surface area contributed by atoms with E-state index in [0.717, 1.165) is 0 Å². The molecule has 0 aromatic carbocycles. The van der Waals surface area contributed by atoms with Gasteiger partial charge in [-0.3, -0.25) is 9.59 Å². The zero-order valence-electron chi connectivity index (χ0n) is 13.2. The van der Waals surface area contributed by atoms with Crippen molar-refractivity contribution < 1.29 is 9.59 Å². The second-order valence-electron chi connectivity index (χ2n) is 5.75. The van der Waals surface area contributed by atoms with Crippen molar-refractivity contribution in [3.63, 3.8) is 0 Å². The SMILES string of the molecule is CCC(=O)c1sc(NCC(C)(C)N(C)C)c(C(N)=O)c1N. The summed E-state index contributed by atoms with van der Waals surface area (Å²) in [5.41, 5.74) is 11.6. The topological polar surface area (TPSA) is 101 Å². The van der Waals surface area contributed by atoms with Gasteiger partial charge in [-0.1, -0.05) is 6.92 Å². The van der Waals surface area contributed by atoms with Crippen LogP contribution in [0.2, 0.25) is 0 Å². The van der Waals surface area contributed by atoms with Crippen molar-refractivity contribution >= 4 is 33.7 Å². The number of hydrogen-bond donors (Lipinski definition) is 3. The summed E-state index contributed by atoms with van der Waals surface area (Å²) in [5, 5.41) is 3.76. The van der Waals surface area contributed by atoms with Crippen LogP contribution in [0.3, 0.4) is 0 Å². The van der Waals surface area contributed by atoms with Gasteiger partial charge < -0.3 is 21.7 Å². The van der Waals surface area contributed by atoms with E-state index in [1.165, 1.54) is 11.3 Å². The van der Waals surface area contributed by atoms with Gasteiger partial charge >= 0.3 is 0 Å². The summed E-state index contributed by atoms with van der Waals surface area (Å²) < 4.78 is 0. The van der Waals surface area contributed by atoms with Gasteiger partial charge in [-0.05, 0) is 27.9 Å². The zero-order valence-corrected chi connectivity index (χ0v) is 14.1. The number of nitrogens with zero attached hydrogens (tertiary/aromatic N) is 1. The molecule has 0 aliphatic rings. The van der Waals surface area contributed by atoms with Crippen LogP contribution in [0.15, 0.2) is 0 Å². The highest BCUT2D eigenvalue weighted by Gasteiger charge is 2.26. The van der Waals surface area contributed by atoms with Crippen LogP contribution in [0.1, 0.15) is 47.2 Å². The summed E-state index contributed by atoms with van der Waals surface area (Å²) in [4.78, 5) is 26.0. The van der Waals surface area contributed by atoms with Crippen LogP contribution in [-0.4, -0.2) is 42.8 Å². The van der Waals surface area contributed by atoms with E-state index < -0.39 is 5.91 Å². The molecule has 1 aromatic heterocycles. The van der Waals surface area contributed by atoms with Crippen LogP contribution < -0.4 is 16.8 Å². The van der Waals surface area contributed by atoms with Crippen LogP contribution in [0, 0.1) is 0 Å². The number of nitrogen functional groups attached to an aromatic ring is 1. The molecule has 0 fully saturated rings. The second kappa shape index (κ2) is 6.44. The molecule has 0 aliphatic heterocycles. The second-order valence-corrected chi connectivity index (χ2v) is 6.77. The van der Waals surface area contributed by atoms with Crippen molar-refractivity contribution in [2.24, 2.45) is 5.73 Å². The first-order chi connectivity index (χ1) is 9.61. The molecule has 0 spiro atoms. The molecule has 6 nitrogen and oxygen atoms in total. The number of hydrogen-bond acceptors (Lipinski definition) is 6. The number of Topliss-reactive ketones (excluding diaryl/α,β-unsaturated/α-hetero) is 1. The minimum Gasteiger partial charge on any atom is -0.397 e. The van der Waals surface area contributed by atoms with Crippen LogP contribution >= 0.6 is 11.3 Å². The Morgan fingerprint density at radius 2 is 1.90 bits per heavy atom. The van der Waals surface area contributed by atoms with E-state index in [9.17, 15) is 9.59 Å².